The van der Waals surface area contributed by atoms with Crippen molar-refractivity contribution in [3.63, 3.8) is 0 Å². The number of halogens is 1. The highest BCUT2D eigenvalue weighted by atomic mass is 35.5. The van der Waals surface area contributed by atoms with Crippen molar-refractivity contribution in [1.82, 2.24) is 0 Å². The van der Waals surface area contributed by atoms with Gasteiger partial charge in [0.1, 0.15) is 5.75 Å². The average molecular weight is 525 g/mol. The van der Waals surface area contributed by atoms with Gasteiger partial charge in [0.05, 0.1) is 10.4 Å². The minimum absolute atomic E-state index is 0.0195. The van der Waals surface area contributed by atoms with Gasteiger partial charge in [-0.05, 0) is 46.9 Å². The van der Waals surface area contributed by atoms with E-state index in [1.54, 1.807) is 38.1 Å². The summed E-state index contributed by atoms with van der Waals surface area (Å²) in [5.74, 6) is 0.154. The lowest BCUT2D eigenvalue weighted by Crippen LogP contribution is -2.27. The minimum Gasteiger partial charge on any atom is -0.507 e. The predicted molar refractivity (Wildman–Crippen MR) is 148 cm³/mol. The molecule has 190 valence electrons. The third-order valence-electron chi connectivity index (χ3n) is 8.09. The Labute approximate surface area is 225 Å². The van der Waals surface area contributed by atoms with Crippen LogP contribution in [-0.2, 0) is 15.7 Å². The molecule has 1 fully saturated rings. The number of phenols is 1. The highest BCUT2D eigenvalue weighted by molar-refractivity contribution is 6.34. The van der Waals surface area contributed by atoms with E-state index in [2.05, 4.69) is 5.32 Å². The van der Waals surface area contributed by atoms with E-state index in [0.717, 1.165) is 39.1 Å². The molecule has 1 aliphatic heterocycles. The zero-order valence-electron chi connectivity index (χ0n) is 20.9. The molecular weight excluding hydrogens is 500 g/mol. The van der Waals surface area contributed by atoms with E-state index in [-0.39, 0.29) is 22.5 Å². The molecule has 2 aliphatic rings. The smallest absolute Gasteiger partial charge is 0.241 e. The van der Waals surface area contributed by atoms with Crippen LogP contribution in [0.4, 0.5) is 5.69 Å². The van der Waals surface area contributed by atoms with Crippen LogP contribution in [-0.4, -0.2) is 15.9 Å². The molecule has 0 saturated heterocycles. The maximum absolute atomic E-state index is 13.2. The first kappa shape index (κ1) is 24.2. The molecule has 2 unspecified atom stereocenters. The van der Waals surface area contributed by atoms with Crippen LogP contribution >= 0.6 is 11.6 Å². The first-order valence-corrected chi connectivity index (χ1v) is 12.8. The summed E-state index contributed by atoms with van der Waals surface area (Å²) in [6.45, 7) is 3.17. The number of aromatic hydroxyl groups is 1. The van der Waals surface area contributed by atoms with Gasteiger partial charge in [-0.15, -0.1) is 0 Å². The first-order valence-electron chi connectivity index (χ1n) is 12.4. The van der Waals surface area contributed by atoms with E-state index in [4.69, 9.17) is 11.6 Å². The molecular formula is C31H25ClN2O4. The molecule has 1 spiro atoms. The molecule has 4 aromatic carbocycles. The lowest BCUT2D eigenvalue weighted by molar-refractivity contribution is -0.569. The van der Waals surface area contributed by atoms with E-state index in [1.807, 2.05) is 60.7 Å². The molecule has 6 rings (SSSR count). The van der Waals surface area contributed by atoms with Crippen molar-refractivity contribution in [2.75, 3.05) is 5.32 Å². The van der Waals surface area contributed by atoms with Crippen molar-refractivity contribution < 1.29 is 14.8 Å². The highest BCUT2D eigenvalue weighted by Crippen LogP contribution is 2.65. The predicted octanol–water partition coefficient (Wildman–Crippen LogP) is 7.27. The number of hydrogen-bond donors (Lipinski definition) is 2. The number of carbonyl (C=O) groups is 1. The number of para-hydroxylation sites is 1. The van der Waals surface area contributed by atoms with Gasteiger partial charge in [0, 0.05) is 47.1 Å². The van der Waals surface area contributed by atoms with Crippen molar-refractivity contribution >= 4 is 23.2 Å². The number of benzene rings is 4. The summed E-state index contributed by atoms with van der Waals surface area (Å²) < 4.78 is 0. The Morgan fingerprint density at radius 3 is 2.24 bits per heavy atom. The summed E-state index contributed by atoms with van der Waals surface area (Å²) in [6, 6.07) is 26.2. The number of anilines is 1. The largest absolute Gasteiger partial charge is 0.507 e. The van der Waals surface area contributed by atoms with Crippen molar-refractivity contribution in [1.29, 1.82) is 0 Å². The number of amides is 1. The second kappa shape index (κ2) is 8.43. The number of carbonyl (C=O) groups excluding carboxylic acids is 1. The number of nitrogens with zero attached hydrogens (tertiary/aromatic N) is 1. The third-order valence-corrected chi connectivity index (χ3v) is 8.40. The second-order valence-corrected chi connectivity index (χ2v) is 11.0. The summed E-state index contributed by atoms with van der Waals surface area (Å²) >= 11 is 6.68. The number of hydrogen-bond acceptors (Lipinski definition) is 4. The topological polar surface area (TPSA) is 92.5 Å². The van der Waals surface area contributed by atoms with Crippen LogP contribution in [0.5, 0.6) is 5.75 Å². The Morgan fingerprint density at radius 1 is 0.974 bits per heavy atom. The summed E-state index contributed by atoms with van der Waals surface area (Å²) in [5, 5.41) is 25.2. The third kappa shape index (κ3) is 3.59. The van der Waals surface area contributed by atoms with Crippen LogP contribution in [0.25, 0.3) is 22.3 Å². The van der Waals surface area contributed by atoms with Crippen molar-refractivity contribution in [2.45, 2.75) is 37.1 Å². The molecule has 4 aromatic rings. The molecule has 0 bridgehead atoms. The van der Waals surface area contributed by atoms with Crippen molar-refractivity contribution in [3.8, 4) is 28.0 Å². The maximum atomic E-state index is 13.2. The maximum Gasteiger partial charge on any atom is 0.241 e. The fourth-order valence-corrected chi connectivity index (χ4v) is 5.89. The zero-order chi connectivity index (χ0) is 26.8. The van der Waals surface area contributed by atoms with E-state index >= 15 is 0 Å². The van der Waals surface area contributed by atoms with Gasteiger partial charge < -0.3 is 10.4 Å². The quantitative estimate of drug-likeness (QED) is 0.212. The summed E-state index contributed by atoms with van der Waals surface area (Å²) in [5.41, 5.74) is 4.79. The first-order chi connectivity index (χ1) is 18.1. The molecule has 1 amide bonds. The van der Waals surface area contributed by atoms with Crippen LogP contribution < -0.4 is 5.32 Å². The van der Waals surface area contributed by atoms with Gasteiger partial charge in [0.2, 0.25) is 11.4 Å². The van der Waals surface area contributed by atoms with Crippen LogP contribution in [0.3, 0.4) is 0 Å². The number of nitro groups is 1. The lowest BCUT2D eigenvalue weighted by Gasteiger charge is -2.17. The van der Waals surface area contributed by atoms with E-state index in [0.29, 0.717) is 17.0 Å². The molecule has 7 heteroatoms. The monoisotopic (exact) mass is 524 g/mol. The number of rotatable bonds is 5. The highest BCUT2D eigenvalue weighted by Gasteiger charge is 2.65. The van der Waals surface area contributed by atoms with Crippen LogP contribution in [0, 0.1) is 10.1 Å². The van der Waals surface area contributed by atoms with E-state index < -0.39 is 11.0 Å². The Morgan fingerprint density at radius 2 is 1.61 bits per heavy atom. The van der Waals surface area contributed by atoms with Gasteiger partial charge in [-0.2, -0.15) is 0 Å². The molecule has 1 aliphatic carbocycles. The molecule has 0 aromatic heterocycles. The number of fused-ring (bicyclic) bond motifs is 2. The number of nitrogens with one attached hydrogen (secondary N) is 1. The van der Waals surface area contributed by atoms with Gasteiger partial charge in [-0.1, -0.05) is 78.3 Å². The minimum atomic E-state index is -1.18. The van der Waals surface area contributed by atoms with Gasteiger partial charge in [0.25, 0.3) is 0 Å². The van der Waals surface area contributed by atoms with Crippen LogP contribution in [0.1, 0.15) is 42.9 Å². The molecule has 38 heavy (non-hydrogen) atoms. The van der Waals surface area contributed by atoms with E-state index in [1.165, 1.54) is 0 Å². The van der Waals surface area contributed by atoms with Crippen molar-refractivity contribution in [3.05, 3.63) is 117 Å². The van der Waals surface area contributed by atoms with Crippen LogP contribution in [0.15, 0.2) is 84.9 Å². The molecule has 6 nitrogen and oxygen atoms in total. The Hall–Kier alpha value is -4.16. The Bertz CT molecular complexity index is 1610. The molecule has 1 saturated carbocycles. The SMILES string of the molecule is CC(C)(c1ccc(C2CC23C(=O)Nc2cc(Cl)c(-c4ccc(-c5ccccc5O)cc4)cc23)cc1)[N+](=O)[O-]. The zero-order valence-corrected chi connectivity index (χ0v) is 21.6. The molecule has 1 heterocycles. The number of phenolic OH excluding ortho intramolecular Hbond substituents is 1. The Kier molecular flexibility index (Phi) is 5.37. The summed E-state index contributed by atoms with van der Waals surface area (Å²) in [7, 11) is 0. The average Bonchev–Trinajstić information content (AvgIpc) is 3.60. The Balaban J connectivity index is 1.33. The summed E-state index contributed by atoms with van der Waals surface area (Å²) in [4.78, 5) is 24.4. The van der Waals surface area contributed by atoms with Gasteiger partial charge in [-0.25, -0.2) is 0 Å². The fraction of sp³-hybridized carbons (Fsp3) is 0.194. The van der Waals surface area contributed by atoms with Gasteiger partial charge in [-0.3, -0.25) is 14.9 Å². The molecule has 2 atom stereocenters. The lowest BCUT2D eigenvalue weighted by atomic mass is 9.88. The molecule has 0 radical (unpaired) electrons. The standard InChI is InChI=1S/C31H25ClN2O4/c1-30(2,34(37)38)21-13-11-20(12-14-21)25-17-31(25)24-15-23(26(32)16-27(24)33-29(31)36)19-9-7-18(8-10-19)22-5-3-4-6-28(22)35/h3-16,25,35H,17H2,1-2H3,(H,33,36). The van der Waals surface area contributed by atoms with E-state index in [9.17, 15) is 20.0 Å². The van der Waals surface area contributed by atoms with Gasteiger partial charge in [0.15, 0.2) is 0 Å². The summed E-state index contributed by atoms with van der Waals surface area (Å²) in [6.07, 6.45) is 0.664. The normalized spacial score (nSPS) is 19.8. The second-order valence-electron chi connectivity index (χ2n) is 10.6. The fourth-order valence-electron chi connectivity index (χ4n) is 5.61. The van der Waals surface area contributed by atoms with Gasteiger partial charge >= 0.3 is 0 Å². The van der Waals surface area contributed by atoms with Crippen LogP contribution in [0.2, 0.25) is 5.02 Å². The van der Waals surface area contributed by atoms with Crippen molar-refractivity contribution in [2.24, 2.45) is 0 Å². The molecule has 2 N–H and O–H groups in total.